The maximum atomic E-state index is 13.6. The molecule has 8 heteroatoms. The van der Waals surface area contributed by atoms with Gasteiger partial charge in [0.05, 0.1) is 29.3 Å². The summed E-state index contributed by atoms with van der Waals surface area (Å²) in [5.41, 5.74) is 2.11. The summed E-state index contributed by atoms with van der Waals surface area (Å²) in [6.45, 7) is 9.15. The molecule has 0 aliphatic carbocycles. The number of nitrogens with zero attached hydrogens (tertiary/aromatic N) is 2. The summed E-state index contributed by atoms with van der Waals surface area (Å²) < 4.78 is 7.56. The zero-order valence-corrected chi connectivity index (χ0v) is 21.2. The molecular weight excluding hydrogens is 454 g/mol. The van der Waals surface area contributed by atoms with Crippen LogP contribution in [-0.4, -0.2) is 33.4 Å². The van der Waals surface area contributed by atoms with Gasteiger partial charge in [0.25, 0.3) is 5.56 Å². The molecule has 0 spiro atoms. The molecule has 1 amide bonds. The van der Waals surface area contributed by atoms with Gasteiger partial charge in [-0.2, -0.15) is 0 Å². The van der Waals surface area contributed by atoms with Gasteiger partial charge in [-0.3, -0.25) is 14.2 Å². The minimum absolute atomic E-state index is 0.00773. The van der Waals surface area contributed by atoms with Gasteiger partial charge in [0.15, 0.2) is 5.16 Å². The molecule has 1 N–H and O–H groups in total. The summed E-state index contributed by atoms with van der Waals surface area (Å²) in [6.07, 6.45) is 2.74. The first-order valence-electron chi connectivity index (χ1n) is 11.5. The van der Waals surface area contributed by atoms with Crippen LogP contribution in [0.1, 0.15) is 55.7 Å². The van der Waals surface area contributed by atoms with E-state index in [1.165, 1.54) is 11.8 Å². The third kappa shape index (κ3) is 5.18. The molecule has 3 atom stereocenters. The van der Waals surface area contributed by atoms with E-state index in [1.807, 2.05) is 51.1 Å². The lowest BCUT2D eigenvalue weighted by Gasteiger charge is -2.20. The monoisotopic (exact) mass is 485 g/mol. The summed E-state index contributed by atoms with van der Waals surface area (Å²) in [4.78, 5) is 33.3. The van der Waals surface area contributed by atoms with Crippen molar-refractivity contribution >= 4 is 39.2 Å². The topological polar surface area (TPSA) is 73.2 Å². The van der Waals surface area contributed by atoms with E-state index < -0.39 is 5.25 Å². The van der Waals surface area contributed by atoms with Crippen LogP contribution < -0.4 is 10.9 Å². The van der Waals surface area contributed by atoms with Crippen molar-refractivity contribution in [1.82, 2.24) is 14.9 Å². The Morgan fingerprint density at radius 1 is 1.33 bits per heavy atom. The average Bonchev–Trinajstić information content (AvgIpc) is 3.43. The fourth-order valence-electron chi connectivity index (χ4n) is 4.27. The second kappa shape index (κ2) is 10.4. The first kappa shape index (κ1) is 24.0. The van der Waals surface area contributed by atoms with E-state index in [4.69, 9.17) is 9.72 Å². The predicted molar refractivity (Wildman–Crippen MR) is 135 cm³/mol. The van der Waals surface area contributed by atoms with Crippen LogP contribution in [-0.2, 0) is 22.5 Å². The number of hydrogen-bond acceptors (Lipinski definition) is 6. The lowest BCUT2D eigenvalue weighted by Crippen LogP contribution is -2.34. The second-order valence-corrected chi connectivity index (χ2v) is 11.0. The van der Waals surface area contributed by atoms with Crippen LogP contribution in [0.25, 0.3) is 10.2 Å². The number of carbonyl (C=O) groups excluding carboxylic acids is 1. The van der Waals surface area contributed by atoms with E-state index in [0.29, 0.717) is 11.7 Å². The predicted octanol–water partition coefficient (Wildman–Crippen LogP) is 4.87. The zero-order chi connectivity index (χ0) is 23.5. The number of thiophene rings is 1. The quantitative estimate of drug-likeness (QED) is 0.364. The Kier molecular flexibility index (Phi) is 7.56. The molecule has 6 nitrogen and oxygen atoms in total. The molecule has 0 radical (unpaired) electrons. The Morgan fingerprint density at radius 2 is 2.09 bits per heavy atom. The molecule has 0 bridgehead atoms. The molecule has 1 fully saturated rings. The van der Waals surface area contributed by atoms with Crippen LogP contribution in [0.3, 0.4) is 0 Å². The molecule has 1 aromatic carbocycles. The number of carbonyl (C=O) groups is 1. The van der Waals surface area contributed by atoms with E-state index in [2.05, 4.69) is 12.2 Å². The molecule has 176 valence electrons. The van der Waals surface area contributed by atoms with E-state index >= 15 is 0 Å². The van der Waals surface area contributed by atoms with Crippen LogP contribution >= 0.6 is 23.1 Å². The van der Waals surface area contributed by atoms with Gasteiger partial charge >= 0.3 is 0 Å². The number of fused-ring (bicyclic) bond motifs is 1. The van der Waals surface area contributed by atoms with Crippen LogP contribution in [0.5, 0.6) is 0 Å². The van der Waals surface area contributed by atoms with E-state index in [1.54, 1.807) is 15.9 Å². The summed E-state index contributed by atoms with van der Waals surface area (Å²) in [5.74, 6) is -0.0778. The Labute approximate surface area is 202 Å². The van der Waals surface area contributed by atoms with Crippen molar-refractivity contribution in [1.29, 1.82) is 0 Å². The molecule has 1 saturated heterocycles. The largest absolute Gasteiger partial charge is 0.376 e. The number of amides is 1. The maximum Gasteiger partial charge on any atom is 0.263 e. The molecule has 1 aliphatic rings. The first-order chi connectivity index (χ1) is 15.9. The Bertz CT molecular complexity index is 1180. The van der Waals surface area contributed by atoms with E-state index in [9.17, 15) is 9.59 Å². The Hall–Kier alpha value is -2.16. The highest BCUT2D eigenvalue weighted by Gasteiger charge is 2.25. The van der Waals surface area contributed by atoms with Crippen molar-refractivity contribution in [3.8, 4) is 0 Å². The number of aryl methyl sites for hydroxylation is 2. The molecule has 3 aromatic rings. The molecule has 4 rings (SSSR count). The van der Waals surface area contributed by atoms with Crippen molar-refractivity contribution in [3.05, 3.63) is 56.7 Å². The highest BCUT2D eigenvalue weighted by Crippen LogP contribution is 2.31. The fraction of sp³-hybridized carbons (Fsp3) is 0.480. The Morgan fingerprint density at radius 3 is 2.76 bits per heavy atom. The van der Waals surface area contributed by atoms with Gasteiger partial charge in [0.1, 0.15) is 4.83 Å². The van der Waals surface area contributed by atoms with Gasteiger partial charge in [0.2, 0.25) is 5.91 Å². The lowest BCUT2D eigenvalue weighted by molar-refractivity contribution is -0.120. The summed E-state index contributed by atoms with van der Waals surface area (Å²) in [5, 5.41) is 3.99. The van der Waals surface area contributed by atoms with Gasteiger partial charge in [-0.25, -0.2) is 4.98 Å². The highest BCUT2D eigenvalue weighted by molar-refractivity contribution is 8.00. The minimum atomic E-state index is -0.400. The number of ether oxygens (including phenoxy) is 1. The molecule has 33 heavy (non-hydrogen) atoms. The van der Waals surface area contributed by atoms with E-state index in [-0.39, 0.29) is 23.6 Å². The van der Waals surface area contributed by atoms with Crippen LogP contribution in [0.15, 0.2) is 40.3 Å². The summed E-state index contributed by atoms with van der Waals surface area (Å²) in [6, 6.07) is 9.80. The molecule has 1 aliphatic heterocycles. The third-order valence-electron chi connectivity index (χ3n) is 6.15. The molecule has 0 saturated carbocycles. The van der Waals surface area contributed by atoms with Crippen molar-refractivity contribution in [2.75, 3.05) is 6.61 Å². The highest BCUT2D eigenvalue weighted by atomic mass is 32.2. The van der Waals surface area contributed by atoms with Crippen LogP contribution in [0, 0.1) is 6.92 Å². The first-order valence-corrected chi connectivity index (χ1v) is 13.2. The van der Waals surface area contributed by atoms with E-state index in [0.717, 1.165) is 52.1 Å². The van der Waals surface area contributed by atoms with Crippen LogP contribution in [0.4, 0.5) is 0 Å². The van der Waals surface area contributed by atoms with Gasteiger partial charge in [-0.1, -0.05) is 49.0 Å². The number of thioether (sulfide) groups is 1. The van der Waals surface area contributed by atoms with Crippen LogP contribution in [0.2, 0.25) is 0 Å². The summed E-state index contributed by atoms with van der Waals surface area (Å²) in [7, 11) is 0. The number of aromatic nitrogens is 2. The molecule has 2 aromatic heterocycles. The molecule has 3 unspecified atom stereocenters. The zero-order valence-electron chi connectivity index (χ0n) is 19.6. The smallest absolute Gasteiger partial charge is 0.263 e. The Balaban J connectivity index is 1.62. The minimum Gasteiger partial charge on any atom is -0.376 e. The van der Waals surface area contributed by atoms with Crippen molar-refractivity contribution in [2.45, 2.75) is 76.1 Å². The SMILES string of the molecule is CCc1c(C)sc2nc(SC(C)C(=O)NC(C)c3ccccc3)n(CC3CCCO3)c(=O)c12. The average molecular weight is 486 g/mol. The number of rotatable bonds is 8. The third-order valence-corrected chi connectivity index (χ3v) is 8.28. The van der Waals surface area contributed by atoms with Crippen molar-refractivity contribution in [3.63, 3.8) is 0 Å². The number of nitrogens with one attached hydrogen (secondary N) is 1. The van der Waals surface area contributed by atoms with Gasteiger partial charge in [-0.05, 0) is 51.2 Å². The summed E-state index contributed by atoms with van der Waals surface area (Å²) >= 11 is 2.90. The fourth-order valence-corrected chi connectivity index (χ4v) is 6.35. The van der Waals surface area contributed by atoms with Gasteiger partial charge in [0, 0.05) is 11.5 Å². The second-order valence-electron chi connectivity index (χ2n) is 8.52. The number of hydrogen-bond donors (Lipinski definition) is 1. The normalized spacial score (nSPS) is 17.9. The van der Waals surface area contributed by atoms with Gasteiger partial charge in [-0.15, -0.1) is 11.3 Å². The molecule has 3 heterocycles. The molecular formula is C25H31N3O3S2. The standard InChI is InChI=1S/C25H31N3O3S2/c1-5-20-16(3)32-23-21(20)24(30)28(14-19-12-9-13-31-19)25(27-23)33-17(4)22(29)26-15(2)18-10-7-6-8-11-18/h6-8,10-11,15,17,19H,5,9,12-14H2,1-4H3,(H,26,29). The van der Waals surface area contributed by atoms with Crippen molar-refractivity contribution in [2.24, 2.45) is 0 Å². The van der Waals surface area contributed by atoms with Gasteiger partial charge < -0.3 is 10.1 Å². The lowest BCUT2D eigenvalue weighted by atomic mass is 10.1. The maximum absolute atomic E-state index is 13.6. The number of benzene rings is 1. The van der Waals surface area contributed by atoms with Crippen molar-refractivity contribution < 1.29 is 9.53 Å².